The van der Waals surface area contributed by atoms with Crippen molar-refractivity contribution in [1.82, 2.24) is 9.78 Å². The lowest BCUT2D eigenvalue weighted by Gasteiger charge is -2.13. The summed E-state index contributed by atoms with van der Waals surface area (Å²) in [5, 5.41) is 9.64. The van der Waals surface area contributed by atoms with Gasteiger partial charge in [0.05, 0.1) is 6.42 Å². The number of carbonyl (C=O) groups excluding carboxylic acids is 2. The fourth-order valence-electron chi connectivity index (χ4n) is 2.54. The summed E-state index contributed by atoms with van der Waals surface area (Å²) in [6, 6.07) is 14.0. The molecular formula is C20H19FN4O2. The topological polar surface area (TPSA) is 76.0 Å². The zero-order chi connectivity index (χ0) is 19.2. The third-order valence-electron chi connectivity index (χ3n) is 3.99. The molecule has 0 aliphatic heterocycles. The number of hydrogen-bond donors (Lipinski definition) is 2. The van der Waals surface area contributed by atoms with Gasteiger partial charge in [0.1, 0.15) is 11.9 Å². The van der Waals surface area contributed by atoms with Crippen molar-refractivity contribution in [2.45, 2.75) is 19.4 Å². The SMILES string of the molecule is CC(C(=O)Nc1cccc(NC(=O)Cc2ccc(F)cc2)c1)n1cccn1. The minimum atomic E-state index is -0.461. The number of benzene rings is 2. The van der Waals surface area contributed by atoms with Crippen molar-refractivity contribution in [2.75, 3.05) is 10.6 Å². The molecule has 0 bridgehead atoms. The Morgan fingerprint density at radius 1 is 1.07 bits per heavy atom. The van der Waals surface area contributed by atoms with Gasteiger partial charge in [0.2, 0.25) is 11.8 Å². The molecule has 7 heteroatoms. The summed E-state index contributed by atoms with van der Waals surface area (Å²) in [6.07, 6.45) is 3.46. The van der Waals surface area contributed by atoms with Crippen LogP contribution in [0.5, 0.6) is 0 Å². The number of nitrogens with zero attached hydrogens (tertiary/aromatic N) is 2. The van der Waals surface area contributed by atoms with Crippen molar-refractivity contribution < 1.29 is 14.0 Å². The van der Waals surface area contributed by atoms with Gasteiger partial charge in [-0.15, -0.1) is 0 Å². The summed E-state index contributed by atoms with van der Waals surface area (Å²) < 4.78 is 14.5. The van der Waals surface area contributed by atoms with Crippen molar-refractivity contribution in [1.29, 1.82) is 0 Å². The lowest BCUT2D eigenvalue weighted by atomic mass is 10.1. The first-order valence-corrected chi connectivity index (χ1v) is 8.45. The van der Waals surface area contributed by atoms with E-state index in [0.717, 1.165) is 0 Å². The van der Waals surface area contributed by atoms with E-state index in [2.05, 4.69) is 15.7 Å². The van der Waals surface area contributed by atoms with Crippen LogP contribution in [0.25, 0.3) is 0 Å². The summed E-state index contributed by atoms with van der Waals surface area (Å²) in [5.41, 5.74) is 1.84. The smallest absolute Gasteiger partial charge is 0.248 e. The first-order valence-electron chi connectivity index (χ1n) is 8.45. The molecule has 6 nitrogen and oxygen atoms in total. The highest BCUT2D eigenvalue weighted by Crippen LogP contribution is 2.17. The number of amides is 2. The fourth-order valence-corrected chi connectivity index (χ4v) is 2.54. The molecule has 138 valence electrons. The van der Waals surface area contributed by atoms with Gasteiger partial charge >= 0.3 is 0 Å². The molecule has 1 atom stereocenters. The fraction of sp³-hybridized carbons (Fsp3) is 0.150. The first-order chi connectivity index (χ1) is 13.0. The van der Waals surface area contributed by atoms with Crippen LogP contribution < -0.4 is 10.6 Å². The average molecular weight is 366 g/mol. The molecule has 0 aliphatic carbocycles. The third-order valence-corrected chi connectivity index (χ3v) is 3.99. The van der Waals surface area contributed by atoms with Gasteiger partial charge in [-0.25, -0.2) is 4.39 Å². The number of carbonyl (C=O) groups is 2. The predicted molar refractivity (Wildman–Crippen MR) is 101 cm³/mol. The molecule has 2 aromatic carbocycles. The Kier molecular flexibility index (Phi) is 5.61. The maximum absolute atomic E-state index is 12.9. The number of aromatic nitrogens is 2. The number of nitrogens with one attached hydrogen (secondary N) is 2. The van der Waals surface area contributed by atoms with Crippen molar-refractivity contribution in [3.05, 3.63) is 78.4 Å². The van der Waals surface area contributed by atoms with Crippen LogP contribution in [-0.2, 0) is 16.0 Å². The van der Waals surface area contributed by atoms with Gasteiger partial charge in [-0.2, -0.15) is 5.10 Å². The number of rotatable bonds is 6. The van der Waals surface area contributed by atoms with E-state index in [0.29, 0.717) is 16.9 Å². The molecular weight excluding hydrogens is 347 g/mol. The monoisotopic (exact) mass is 366 g/mol. The Bertz CT molecular complexity index is 923. The Morgan fingerprint density at radius 2 is 1.78 bits per heavy atom. The van der Waals surface area contributed by atoms with Crippen LogP contribution >= 0.6 is 0 Å². The maximum Gasteiger partial charge on any atom is 0.248 e. The van der Waals surface area contributed by atoms with Gasteiger partial charge in [-0.1, -0.05) is 18.2 Å². The van der Waals surface area contributed by atoms with E-state index in [1.54, 1.807) is 66.5 Å². The molecule has 3 rings (SSSR count). The zero-order valence-electron chi connectivity index (χ0n) is 14.7. The molecule has 0 aliphatic rings. The van der Waals surface area contributed by atoms with E-state index in [1.807, 2.05) is 0 Å². The van der Waals surface area contributed by atoms with E-state index < -0.39 is 6.04 Å². The zero-order valence-corrected chi connectivity index (χ0v) is 14.7. The van der Waals surface area contributed by atoms with Crippen LogP contribution in [0.2, 0.25) is 0 Å². The van der Waals surface area contributed by atoms with Crippen LogP contribution in [0.15, 0.2) is 67.0 Å². The summed E-state index contributed by atoms with van der Waals surface area (Å²) >= 11 is 0. The van der Waals surface area contributed by atoms with Crippen molar-refractivity contribution in [2.24, 2.45) is 0 Å². The van der Waals surface area contributed by atoms with Gasteiger partial charge in [-0.3, -0.25) is 14.3 Å². The normalized spacial score (nSPS) is 11.6. The average Bonchev–Trinajstić information content (AvgIpc) is 3.18. The quantitative estimate of drug-likeness (QED) is 0.702. The molecule has 0 saturated carbocycles. The molecule has 2 amide bonds. The Hall–Kier alpha value is -3.48. The Labute approximate surface area is 156 Å². The highest BCUT2D eigenvalue weighted by molar-refractivity contribution is 5.96. The van der Waals surface area contributed by atoms with E-state index in [4.69, 9.17) is 0 Å². The van der Waals surface area contributed by atoms with Gasteiger partial charge < -0.3 is 10.6 Å². The summed E-state index contributed by atoms with van der Waals surface area (Å²) in [6.45, 7) is 1.75. The van der Waals surface area contributed by atoms with Crippen molar-refractivity contribution >= 4 is 23.2 Å². The third kappa shape index (κ3) is 5.01. The lowest BCUT2D eigenvalue weighted by molar-refractivity contribution is -0.119. The second kappa shape index (κ2) is 8.27. The van der Waals surface area contributed by atoms with Gasteiger partial charge in [-0.05, 0) is 48.9 Å². The largest absolute Gasteiger partial charge is 0.326 e. The number of halogens is 1. The van der Waals surface area contributed by atoms with Crippen molar-refractivity contribution in [3.8, 4) is 0 Å². The predicted octanol–water partition coefficient (Wildman–Crippen LogP) is 3.40. The van der Waals surface area contributed by atoms with Gasteiger partial charge in [0, 0.05) is 23.8 Å². The van der Waals surface area contributed by atoms with Crippen LogP contribution in [0.4, 0.5) is 15.8 Å². The van der Waals surface area contributed by atoms with Gasteiger partial charge in [0.25, 0.3) is 0 Å². The second-order valence-corrected chi connectivity index (χ2v) is 6.08. The summed E-state index contributed by atoms with van der Waals surface area (Å²) in [7, 11) is 0. The molecule has 1 heterocycles. The molecule has 0 saturated heterocycles. The minimum Gasteiger partial charge on any atom is -0.326 e. The Morgan fingerprint density at radius 3 is 2.44 bits per heavy atom. The van der Waals surface area contributed by atoms with E-state index in [9.17, 15) is 14.0 Å². The van der Waals surface area contributed by atoms with Crippen LogP contribution in [0.3, 0.4) is 0 Å². The highest BCUT2D eigenvalue weighted by atomic mass is 19.1. The molecule has 3 aromatic rings. The molecule has 0 spiro atoms. The van der Waals surface area contributed by atoms with E-state index >= 15 is 0 Å². The standard InChI is InChI=1S/C20H19FN4O2/c1-14(25-11-3-10-22-25)20(27)24-18-5-2-4-17(13-18)23-19(26)12-15-6-8-16(21)9-7-15/h2-11,13-14H,12H2,1H3,(H,23,26)(H,24,27). The minimum absolute atomic E-state index is 0.132. The van der Waals surface area contributed by atoms with E-state index in [-0.39, 0.29) is 24.1 Å². The Balaban J connectivity index is 1.60. The lowest BCUT2D eigenvalue weighted by Crippen LogP contribution is -2.24. The van der Waals surface area contributed by atoms with Gasteiger partial charge in [0.15, 0.2) is 0 Å². The molecule has 0 fully saturated rings. The molecule has 2 N–H and O–H groups in total. The highest BCUT2D eigenvalue weighted by Gasteiger charge is 2.15. The van der Waals surface area contributed by atoms with Crippen LogP contribution in [0.1, 0.15) is 18.5 Å². The molecule has 1 unspecified atom stereocenters. The maximum atomic E-state index is 12.9. The summed E-state index contributed by atoms with van der Waals surface area (Å²) in [5.74, 6) is -0.782. The van der Waals surface area contributed by atoms with Crippen molar-refractivity contribution in [3.63, 3.8) is 0 Å². The molecule has 1 aromatic heterocycles. The first kappa shape index (κ1) is 18.3. The number of anilines is 2. The summed E-state index contributed by atoms with van der Waals surface area (Å²) in [4.78, 5) is 24.5. The van der Waals surface area contributed by atoms with Crippen LogP contribution in [-0.4, -0.2) is 21.6 Å². The molecule has 0 radical (unpaired) electrons. The van der Waals surface area contributed by atoms with E-state index in [1.165, 1.54) is 12.1 Å². The number of hydrogen-bond acceptors (Lipinski definition) is 3. The van der Waals surface area contributed by atoms with Crippen LogP contribution in [0, 0.1) is 5.82 Å². The second-order valence-electron chi connectivity index (χ2n) is 6.08. The molecule has 27 heavy (non-hydrogen) atoms.